The Morgan fingerprint density at radius 1 is 1.17 bits per heavy atom. The van der Waals surface area contributed by atoms with E-state index in [1.54, 1.807) is 20.2 Å². The Morgan fingerprint density at radius 2 is 1.83 bits per heavy atom. The molecule has 7 nitrogen and oxygen atoms in total. The number of rotatable bonds is 6. The molecule has 0 bridgehead atoms. The predicted octanol–water partition coefficient (Wildman–Crippen LogP) is 2.34. The number of carbonyl (C=O) groups is 2. The number of piperidine rings is 1. The second kappa shape index (κ2) is 9.57. The highest BCUT2D eigenvalue weighted by Gasteiger charge is 2.26. The van der Waals surface area contributed by atoms with Gasteiger partial charge in [0.2, 0.25) is 5.91 Å². The third kappa shape index (κ3) is 5.26. The standard InChI is InChI=1S/C22H35N5O2/c1-16(26-12-4-5-13-26)6-9-20(28)27-14-10-17(11-15-27)19-8-7-18(21(23)24-19)22(29)25(2)3/h7-8,16-17H,4-6,9-15H2,1-3H3,(H2,23,24)/t16-/m1/s1. The number of likely N-dealkylation sites (tertiary alicyclic amines) is 2. The first-order valence-electron chi connectivity index (χ1n) is 10.9. The molecule has 2 N–H and O–H groups in total. The molecule has 0 saturated carbocycles. The highest BCUT2D eigenvalue weighted by atomic mass is 16.2. The predicted molar refractivity (Wildman–Crippen MR) is 115 cm³/mol. The van der Waals surface area contributed by atoms with Crippen molar-refractivity contribution in [2.45, 2.75) is 57.4 Å². The van der Waals surface area contributed by atoms with Gasteiger partial charge in [-0.05, 0) is 64.3 Å². The van der Waals surface area contributed by atoms with E-state index in [-0.39, 0.29) is 23.6 Å². The van der Waals surface area contributed by atoms with Gasteiger partial charge in [0.15, 0.2) is 0 Å². The van der Waals surface area contributed by atoms with Gasteiger partial charge in [-0.3, -0.25) is 9.59 Å². The molecule has 0 unspecified atom stereocenters. The van der Waals surface area contributed by atoms with Crippen LogP contribution in [-0.4, -0.2) is 77.8 Å². The van der Waals surface area contributed by atoms with Crippen LogP contribution in [0.2, 0.25) is 0 Å². The fourth-order valence-corrected chi connectivity index (χ4v) is 4.42. The molecule has 0 aliphatic carbocycles. The number of anilines is 1. The van der Waals surface area contributed by atoms with E-state index in [1.165, 1.54) is 30.8 Å². The van der Waals surface area contributed by atoms with Crippen molar-refractivity contribution in [1.29, 1.82) is 0 Å². The molecule has 7 heteroatoms. The molecule has 0 spiro atoms. The van der Waals surface area contributed by atoms with Crippen molar-refractivity contribution in [3.63, 3.8) is 0 Å². The molecule has 160 valence electrons. The summed E-state index contributed by atoms with van der Waals surface area (Å²) in [6.07, 6.45) is 5.93. The van der Waals surface area contributed by atoms with Crippen molar-refractivity contribution >= 4 is 17.6 Å². The van der Waals surface area contributed by atoms with Gasteiger partial charge in [-0.2, -0.15) is 0 Å². The zero-order valence-corrected chi connectivity index (χ0v) is 18.1. The molecule has 0 radical (unpaired) electrons. The third-order valence-electron chi connectivity index (χ3n) is 6.39. The van der Waals surface area contributed by atoms with Crippen molar-refractivity contribution in [2.24, 2.45) is 0 Å². The fourth-order valence-electron chi connectivity index (χ4n) is 4.42. The van der Waals surface area contributed by atoms with Crippen LogP contribution in [0.1, 0.15) is 67.4 Å². The largest absolute Gasteiger partial charge is 0.383 e. The van der Waals surface area contributed by atoms with E-state index in [1.807, 2.05) is 11.0 Å². The normalized spacial score (nSPS) is 19.3. The first-order chi connectivity index (χ1) is 13.9. The molecule has 3 heterocycles. The van der Waals surface area contributed by atoms with E-state index >= 15 is 0 Å². The number of pyridine rings is 1. The first-order valence-corrected chi connectivity index (χ1v) is 10.9. The van der Waals surface area contributed by atoms with Gasteiger partial charge in [0.25, 0.3) is 5.91 Å². The molecule has 3 rings (SSSR count). The summed E-state index contributed by atoms with van der Waals surface area (Å²) in [5, 5.41) is 0. The van der Waals surface area contributed by atoms with Crippen LogP contribution in [0, 0.1) is 0 Å². The SMILES string of the molecule is C[C@H](CCC(=O)N1CCC(c2ccc(C(=O)N(C)C)c(N)n2)CC1)N1CCCC1. The molecule has 2 saturated heterocycles. The topological polar surface area (TPSA) is 82.8 Å². The van der Waals surface area contributed by atoms with Crippen molar-refractivity contribution < 1.29 is 9.59 Å². The van der Waals surface area contributed by atoms with Crippen molar-refractivity contribution in [1.82, 2.24) is 19.7 Å². The van der Waals surface area contributed by atoms with E-state index in [0.717, 1.165) is 38.0 Å². The summed E-state index contributed by atoms with van der Waals surface area (Å²) in [6, 6.07) is 4.18. The highest BCUT2D eigenvalue weighted by molar-refractivity contribution is 5.98. The fraction of sp³-hybridized carbons (Fsp3) is 0.682. The van der Waals surface area contributed by atoms with Crippen LogP contribution in [0.3, 0.4) is 0 Å². The van der Waals surface area contributed by atoms with Gasteiger partial charge in [-0.15, -0.1) is 0 Å². The van der Waals surface area contributed by atoms with Crippen molar-refractivity contribution in [3.8, 4) is 0 Å². The van der Waals surface area contributed by atoms with E-state index < -0.39 is 0 Å². The lowest BCUT2D eigenvalue weighted by Crippen LogP contribution is -2.39. The lowest BCUT2D eigenvalue weighted by atomic mass is 9.92. The molecule has 2 fully saturated rings. The maximum Gasteiger partial charge on any atom is 0.257 e. The number of aromatic nitrogens is 1. The summed E-state index contributed by atoms with van der Waals surface area (Å²) in [5.74, 6) is 0.711. The summed E-state index contributed by atoms with van der Waals surface area (Å²) >= 11 is 0. The zero-order valence-electron chi connectivity index (χ0n) is 18.1. The Balaban J connectivity index is 1.49. The number of nitrogens with zero attached hydrogens (tertiary/aromatic N) is 4. The van der Waals surface area contributed by atoms with Gasteiger partial charge in [-0.25, -0.2) is 4.98 Å². The van der Waals surface area contributed by atoms with E-state index in [9.17, 15) is 9.59 Å². The third-order valence-corrected chi connectivity index (χ3v) is 6.39. The molecule has 2 amide bonds. The van der Waals surface area contributed by atoms with Crippen molar-refractivity contribution in [3.05, 3.63) is 23.4 Å². The summed E-state index contributed by atoms with van der Waals surface area (Å²) in [5.41, 5.74) is 7.40. The maximum atomic E-state index is 12.6. The zero-order chi connectivity index (χ0) is 21.0. The minimum atomic E-state index is -0.134. The number of hydrogen-bond acceptors (Lipinski definition) is 5. The van der Waals surface area contributed by atoms with Crippen LogP contribution in [0.5, 0.6) is 0 Å². The van der Waals surface area contributed by atoms with Gasteiger partial charge in [-0.1, -0.05) is 0 Å². The molecular weight excluding hydrogens is 366 g/mol. The van der Waals surface area contributed by atoms with E-state index in [4.69, 9.17) is 5.73 Å². The van der Waals surface area contributed by atoms with Gasteiger partial charge < -0.3 is 20.4 Å². The molecular formula is C22H35N5O2. The number of carbonyl (C=O) groups excluding carboxylic acids is 2. The molecule has 1 aromatic heterocycles. The van der Waals surface area contributed by atoms with Crippen LogP contribution < -0.4 is 5.73 Å². The van der Waals surface area contributed by atoms with Crippen LogP contribution in [-0.2, 0) is 4.79 Å². The number of nitrogen functional groups attached to an aromatic ring is 1. The van der Waals surface area contributed by atoms with Crippen molar-refractivity contribution in [2.75, 3.05) is 46.0 Å². The Labute approximate surface area is 174 Å². The number of hydrogen-bond donors (Lipinski definition) is 1. The summed E-state index contributed by atoms with van der Waals surface area (Å²) in [7, 11) is 3.41. The summed E-state index contributed by atoms with van der Waals surface area (Å²) < 4.78 is 0. The monoisotopic (exact) mass is 401 g/mol. The molecule has 29 heavy (non-hydrogen) atoms. The Kier molecular flexibility index (Phi) is 7.11. The minimum absolute atomic E-state index is 0.134. The lowest BCUT2D eigenvalue weighted by molar-refractivity contribution is -0.132. The highest BCUT2D eigenvalue weighted by Crippen LogP contribution is 2.28. The van der Waals surface area contributed by atoms with Gasteiger partial charge in [0.1, 0.15) is 5.82 Å². The number of amides is 2. The first kappa shape index (κ1) is 21.6. The minimum Gasteiger partial charge on any atom is -0.383 e. The quantitative estimate of drug-likeness (QED) is 0.791. The van der Waals surface area contributed by atoms with E-state index in [0.29, 0.717) is 18.0 Å². The smallest absolute Gasteiger partial charge is 0.257 e. The summed E-state index contributed by atoms with van der Waals surface area (Å²) in [6.45, 7) is 6.13. The second-order valence-corrected chi connectivity index (χ2v) is 8.65. The molecule has 1 aromatic rings. The number of nitrogens with two attached hydrogens (primary N) is 1. The Bertz CT molecular complexity index is 722. The maximum absolute atomic E-state index is 12.6. The van der Waals surface area contributed by atoms with E-state index in [2.05, 4.69) is 16.8 Å². The average Bonchev–Trinajstić information content (AvgIpc) is 3.26. The van der Waals surface area contributed by atoms with Gasteiger partial charge in [0.05, 0.1) is 5.56 Å². The Morgan fingerprint density at radius 3 is 2.41 bits per heavy atom. The molecule has 0 aromatic carbocycles. The molecule has 2 aliphatic rings. The van der Waals surface area contributed by atoms with Crippen LogP contribution in [0.4, 0.5) is 5.82 Å². The van der Waals surface area contributed by atoms with Gasteiger partial charge >= 0.3 is 0 Å². The van der Waals surface area contributed by atoms with Gasteiger partial charge in [0, 0.05) is 51.3 Å². The lowest BCUT2D eigenvalue weighted by Gasteiger charge is -2.32. The molecule has 1 atom stereocenters. The average molecular weight is 402 g/mol. The molecule has 2 aliphatic heterocycles. The van der Waals surface area contributed by atoms with Crippen LogP contribution in [0.15, 0.2) is 12.1 Å². The summed E-state index contributed by atoms with van der Waals surface area (Å²) in [4.78, 5) is 35.2. The van der Waals surface area contributed by atoms with Crippen LogP contribution in [0.25, 0.3) is 0 Å². The van der Waals surface area contributed by atoms with Crippen LogP contribution >= 0.6 is 0 Å². The Hall–Kier alpha value is -2.15. The second-order valence-electron chi connectivity index (χ2n) is 8.65.